The topological polar surface area (TPSA) is 43.4 Å². The van der Waals surface area contributed by atoms with Gasteiger partial charge in [0.05, 0.1) is 0 Å². The summed E-state index contributed by atoms with van der Waals surface area (Å²) in [4.78, 5) is 23.4. The van der Waals surface area contributed by atoms with Crippen molar-refractivity contribution in [2.24, 2.45) is 28.6 Å². The third-order valence-corrected chi connectivity index (χ3v) is 8.18. The molecule has 0 heterocycles. The van der Waals surface area contributed by atoms with Crippen molar-refractivity contribution < 1.29 is 14.3 Å². The van der Waals surface area contributed by atoms with Crippen LogP contribution in [0.4, 0.5) is 0 Å². The van der Waals surface area contributed by atoms with Crippen LogP contribution in [0.3, 0.4) is 0 Å². The number of rotatable bonds is 1. The highest BCUT2D eigenvalue weighted by atomic mass is 16.5. The van der Waals surface area contributed by atoms with Gasteiger partial charge < -0.3 is 4.74 Å². The molecule has 3 fully saturated rings. The van der Waals surface area contributed by atoms with E-state index >= 15 is 0 Å². The van der Waals surface area contributed by atoms with Gasteiger partial charge in [0.25, 0.3) is 0 Å². The Balaban J connectivity index is 1.62. The maximum Gasteiger partial charge on any atom is 0.302 e. The van der Waals surface area contributed by atoms with Crippen molar-refractivity contribution in [1.29, 1.82) is 0 Å². The number of carbonyl (C=O) groups is 2. The fourth-order valence-corrected chi connectivity index (χ4v) is 6.91. The van der Waals surface area contributed by atoms with Gasteiger partial charge in [-0.3, -0.25) is 9.59 Å². The predicted molar refractivity (Wildman–Crippen MR) is 92.3 cm³/mol. The summed E-state index contributed by atoms with van der Waals surface area (Å²) < 4.78 is 5.71. The van der Waals surface area contributed by atoms with E-state index in [0.29, 0.717) is 17.6 Å². The molecule has 0 bridgehead atoms. The van der Waals surface area contributed by atoms with E-state index in [4.69, 9.17) is 4.74 Å². The molecule has 4 rings (SSSR count). The quantitative estimate of drug-likeness (QED) is 0.667. The van der Waals surface area contributed by atoms with Crippen molar-refractivity contribution in [3.05, 3.63) is 11.6 Å². The number of hydrogen-bond donors (Lipinski definition) is 0. The van der Waals surface area contributed by atoms with Crippen LogP contribution >= 0.6 is 0 Å². The van der Waals surface area contributed by atoms with E-state index in [9.17, 15) is 9.59 Å². The third-order valence-electron chi connectivity index (χ3n) is 8.18. The van der Waals surface area contributed by atoms with Gasteiger partial charge in [0.1, 0.15) is 6.10 Å². The summed E-state index contributed by atoms with van der Waals surface area (Å²) in [6.45, 7) is 6.33. The first-order valence-corrected chi connectivity index (χ1v) is 9.76. The Morgan fingerprint density at radius 3 is 2.62 bits per heavy atom. The Labute approximate surface area is 145 Å². The molecule has 3 heteroatoms. The number of ketones is 1. The van der Waals surface area contributed by atoms with Crippen molar-refractivity contribution in [3.63, 3.8) is 0 Å². The molecule has 6 atom stereocenters. The van der Waals surface area contributed by atoms with Crippen molar-refractivity contribution in [1.82, 2.24) is 0 Å². The van der Waals surface area contributed by atoms with E-state index in [1.807, 2.05) is 6.08 Å². The van der Waals surface area contributed by atoms with Gasteiger partial charge in [-0.15, -0.1) is 0 Å². The van der Waals surface area contributed by atoms with Crippen LogP contribution in [0.1, 0.15) is 72.1 Å². The van der Waals surface area contributed by atoms with Crippen molar-refractivity contribution in [2.75, 3.05) is 0 Å². The third kappa shape index (κ3) is 2.23. The molecule has 0 aromatic carbocycles. The van der Waals surface area contributed by atoms with E-state index in [-0.39, 0.29) is 22.9 Å². The lowest BCUT2D eigenvalue weighted by atomic mass is 9.47. The number of ether oxygens (including phenoxy) is 1. The maximum atomic E-state index is 11.9. The highest BCUT2D eigenvalue weighted by Gasteiger charge is 2.59. The van der Waals surface area contributed by atoms with Crippen LogP contribution in [-0.2, 0) is 14.3 Å². The normalized spacial score (nSPS) is 47.3. The van der Waals surface area contributed by atoms with Gasteiger partial charge in [-0.2, -0.15) is 0 Å². The Bertz CT molecular complexity index is 606. The van der Waals surface area contributed by atoms with Crippen LogP contribution < -0.4 is 0 Å². The number of hydrogen-bond acceptors (Lipinski definition) is 3. The summed E-state index contributed by atoms with van der Waals surface area (Å²) >= 11 is 0. The monoisotopic (exact) mass is 330 g/mol. The van der Waals surface area contributed by atoms with Crippen molar-refractivity contribution >= 4 is 11.8 Å². The SMILES string of the molecule is CC(=O)O[C@H]1CC[C@H]2[C@H]3CCC4=CC(=O)CC[C@]4(C)[C@H]3CC[C@]12C. The van der Waals surface area contributed by atoms with E-state index in [1.165, 1.54) is 24.8 Å². The molecule has 24 heavy (non-hydrogen) atoms. The summed E-state index contributed by atoms with van der Waals surface area (Å²) in [5.41, 5.74) is 1.82. The van der Waals surface area contributed by atoms with Gasteiger partial charge in [-0.1, -0.05) is 19.4 Å². The Kier molecular flexibility index (Phi) is 3.71. The zero-order valence-corrected chi connectivity index (χ0v) is 15.3. The van der Waals surface area contributed by atoms with Gasteiger partial charge in [0.15, 0.2) is 5.78 Å². The molecule has 3 saturated carbocycles. The minimum absolute atomic E-state index is 0.110. The van der Waals surface area contributed by atoms with Crippen LogP contribution in [0.15, 0.2) is 11.6 Å². The molecule has 4 aliphatic rings. The van der Waals surface area contributed by atoms with Crippen LogP contribution in [0.25, 0.3) is 0 Å². The zero-order valence-electron chi connectivity index (χ0n) is 15.3. The molecule has 0 unspecified atom stereocenters. The fraction of sp³-hybridized carbons (Fsp3) is 0.810. The first-order chi connectivity index (χ1) is 11.3. The minimum Gasteiger partial charge on any atom is -0.462 e. The number of carbonyl (C=O) groups excluding carboxylic acids is 2. The fourth-order valence-electron chi connectivity index (χ4n) is 6.91. The molecular formula is C21H30O3. The zero-order chi connectivity index (χ0) is 17.1. The lowest BCUT2D eigenvalue weighted by molar-refractivity contribution is -0.157. The molecule has 4 aliphatic carbocycles. The van der Waals surface area contributed by atoms with Gasteiger partial charge in [-0.05, 0) is 74.2 Å². The molecule has 0 aromatic rings. The number of esters is 1. The molecular weight excluding hydrogens is 300 g/mol. The predicted octanol–water partition coefficient (Wildman–Crippen LogP) is 4.45. The van der Waals surface area contributed by atoms with E-state index < -0.39 is 0 Å². The van der Waals surface area contributed by atoms with Gasteiger partial charge in [0.2, 0.25) is 0 Å². The first kappa shape index (κ1) is 16.4. The highest BCUT2D eigenvalue weighted by Crippen LogP contribution is 2.65. The lowest BCUT2D eigenvalue weighted by Gasteiger charge is -2.57. The van der Waals surface area contributed by atoms with Gasteiger partial charge in [0, 0.05) is 18.8 Å². The second-order valence-electron chi connectivity index (χ2n) is 9.19. The highest BCUT2D eigenvalue weighted by molar-refractivity contribution is 5.91. The summed E-state index contributed by atoms with van der Waals surface area (Å²) in [6, 6.07) is 0. The second kappa shape index (κ2) is 5.44. The maximum absolute atomic E-state index is 11.9. The molecule has 0 N–H and O–H groups in total. The smallest absolute Gasteiger partial charge is 0.302 e. The Hall–Kier alpha value is -1.12. The molecule has 0 aliphatic heterocycles. The largest absolute Gasteiger partial charge is 0.462 e. The molecule has 0 spiro atoms. The standard InChI is InChI=1S/C21H30O3/c1-13(22)24-19-7-6-17-16-5-4-14-12-15(23)8-10-20(14,2)18(16)9-11-21(17,19)3/h12,16-19H,4-11H2,1-3H3/t16-,17+,18+,19+,20+,21+/m1/s1. The Morgan fingerprint density at radius 2 is 1.88 bits per heavy atom. The van der Waals surface area contributed by atoms with E-state index in [2.05, 4.69) is 13.8 Å². The van der Waals surface area contributed by atoms with E-state index in [1.54, 1.807) is 6.92 Å². The first-order valence-electron chi connectivity index (χ1n) is 9.76. The van der Waals surface area contributed by atoms with Crippen LogP contribution in [0, 0.1) is 28.6 Å². The van der Waals surface area contributed by atoms with E-state index in [0.717, 1.165) is 38.0 Å². The molecule has 3 nitrogen and oxygen atoms in total. The van der Waals surface area contributed by atoms with Crippen LogP contribution in [0.5, 0.6) is 0 Å². The van der Waals surface area contributed by atoms with Crippen molar-refractivity contribution in [2.45, 2.75) is 78.2 Å². The molecule has 0 amide bonds. The molecule has 0 aromatic heterocycles. The molecule has 0 saturated heterocycles. The van der Waals surface area contributed by atoms with Crippen molar-refractivity contribution in [3.8, 4) is 0 Å². The lowest BCUT2D eigenvalue weighted by Crippen LogP contribution is -2.51. The summed E-state index contributed by atoms with van der Waals surface area (Å²) in [6.07, 6.45) is 10.8. The number of fused-ring (bicyclic) bond motifs is 5. The second-order valence-corrected chi connectivity index (χ2v) is 9.19. The van der Waals surface area contributed by atoms with Gasteiger partial charge in [-0.25, -0.2) is 0 Å². The summed E-state index contributed by atoms with van der Waals surface area (Å²) in [7, 11) is 0. The minimum atomic E-state index is -0.129. The average molecular weight is 330 g/mol. The average Bonchev–Trinajstić information content (AvgIpc) is 2.84. The summed E-state index contributed by atoms with van der Waals surface area (Å²) in [5.74, 6) is 2.32. The van der Waals surface area contributed by atoms with Gasteiger partial charge >= 0.3 is 5.97 Å². The number of allylic oxidation sites excluding steroid dienone is 1. The van der Waals surface area contributed by atoms with Crippen LogP contribution in [0.2, 0.25) is 0 Å². The summed E-state index contributed by atoms with van der Waals surface area (Å²) in [5, 5.41) is 0. The Morgan fingerprint density at radius 1 is 1.08 bits per heavy atom. The molecule has 0 radical (unpaired) electrons. The van der Waals surface area contributed by atoms with Crippen LogP contribution in [-0.4, -0.2) is 17.9 Å². The molecule has 132 valence electrons.